The number of carbonyl (C=O) groups is 2. The lowest BCUT2D eigenvalue weighted by Gasteiger charge is -2.26. The Kier molecular flexibility index (Phi) is 6.07. The highest BCUT2D eigenvalue weighted by Crippen LogP contribution is 2.44. The summed E-state index contributed by atoms with van der Waals surface area (Å²) in [6.45, 7) is 0. The SMILES string of the molecule is COc1ccc(OC)c(/C(O)=C2\C(=O)C(=O)N(c3ccc(Cl)cc3)C2c2ccccc2F)c1. The van der Waals surface area contributed by atoms with E-state index in [1.54, 1.807) is 42.5 Å². The van der Waals surface area contributed by atoms with Crippen LogP contribution in [0.15, 0.2) is 72.3 Å². The predicted molar refractivity (Wildman–Crippen MR) is 122 cm³/mol. The summed E-state index contributed by atoms with van der Waals surface area (Å²) in [6.07, 6.45) is 0. The average molecular weight is 468 g/mol. The number of hydrogen-bond acceptors (Lipinski definition) is 5. The summed E-state index contributed by atoms with van der Waals surface area (Å²) in [4.78, 5) is 27.5. The van der Waals surface area contributed by atoms with Gasteiger partial charge in [-0.2, -0.15) is 0 Å². The third-order valence-corrected chi connectivity index (χ3v) is 5.66. The molecule has 0 spiro atoms. The van der Waals surface area contributed by atoms with E-state index in [9.17, 15) is 19.1 Å². The number of Topliss-reactive ketones (excluding diaryl/α,β-unsaturated/α-hetero) is 1. The van der Waals surface area contributed by atoms with Crippen LogP contribution >= 0.6 is 11.6 Å². The number of ketones is 1. The lowest BCUT2D eigenvalue weighted by molar-refractivity contribution is -0.132. The van der Waals surface area contributed by atoms with Gasteiger partial charge in [0.05, 0.1) is 31.4 Å². The van der Waals surface area contributed by atoms with Crippen molar-refractivity contribution in [2.45, 2.75) is 6.04 Å². The monoisotopic (exact) mass is 467 g/mol. The minimum atomic E-state index is -1.22. The first-order valence-electron chi connectivity index (χ1n) is 9.90. The number of anilines is 1. The average Bonchev–Trinajstić information content (AvgIpc) is 3.09. The molecule has 1 N–H and O–H groups in total. The fourth-order valence-electron chi connectivity index (χ4n) is 3.84. The second-order valence-corrected chi connectivity index (χ2v) is 7.67. The van der Waals surface area contributed by atoms with Crippen molar-refractivity contribution < 1.29 is 28.6 Å². The van der Waals surface area contributed by atoms with Gasteiger partial charge in [0, 0.05) is 16.3 Å². The molecule has 1 atom stereocenters. The third kappa shape index (κ3) is 3.91. The molecule has 1 aliphatic heterocycles. The second-order valence-electron chi connectivity index (χ2n) is 7.23. The van der Waals surface area contributed by atoms with Gasteiger partial charge in [0.25, 0.3) is 11.7 Å². The van der Waals surface area contributed by atoms with Crippen LogP contribution in [0.5, 0.6) is 11.5 Å². The number of methoxy groups -OCH3 is 2. The van der Waals surface area contributed by atoms with E-state index in [1.165, 1.54) is 38.5 Å². The summed E-state index contributed by atoms with van der Waals surface area (Å²) in [7, 11) is 2.85. The number of hydrogen-bond donors (Lipinski definition) is 1. The Bertz CT molecular complexity index is 1270. The molecule has 3 aromatic rings. The van der Waals surface area contributed by atoms with Crippen molar-refractivity contribution in [3.05, 3.63) is 94.3 Å². The van der Waals surface area contributed by atoms with Gasteiger partial charge in [0.15, 0.2) is 0 Å². The van der Waals surface area contributed by atoms with Crippen LogP contribution in [-0.2, 0) is 9.59 Å². The maximum Gasteiger partial charge on any atom is 0.300 e. The Morgan fingerprint density at radius 3 is 2.33 bits per heavy atom. The number of rotatable bonds is 5. The van der Waals surface area contributed by atoms with Gasteiger partial charge < -0.3 is 14.6 Å². The predicted octanol–water partition coefficient (Wildman–Crippen LogP) is 5.12. The van der Waals surface area contributed by atoms with E-state index >= 15 is 0 Å². The van der Waals surface area contributed by atoms with Crippen molar-refractivity contribution in [1.29, 1.82) is 0 Å². The van der Waals surface area contributed by atoms with Crippen molar-refractivity contribution in [3.63, 3.8) is 0 Å². The zero-order valence-electron chi connectivity index (χ0n) is 17.7. The van der Waals surface area contributed by atoms with E-state index in [0.717, 1.165) is 4.90 Å². The first-order valence-corrected chi connectivity index (χ1v) is 10.3. The molecule has 1 saturated heterocycles. The number of halogens is 2. The van der Waals surface area contributed by atoms with Crippen molar-refractivity contribution >= 4 is 34.7 Å². The maximum absolute atomic E-state index is 14.9. The van der Waals surface area contributed by atoms with Gasteiger partial charge in [-0.05, 0) is 48.5 Å². The highest BCUT2D eigenvalue weighted by atomic mass is 35.5. The Morgan fingerprint density at radius 1 is 1.00 bits per heavy atom. The zero-order chi connectivity index (χ0) is 23.7. The number of carbonyl (C=O) groups excluding carboxylic acids is 2. The molecule has 0 bridgehead atoms. The molecule has 33 heavy (non-hydrogen) atoms. The van der Waals surface area contributed by atoms with E-state index in [4.69, 9.17) is 21.1 Å². The van der Waals surface area contributed by atoms with Crippen LogP contribution in [-0.4, -0.2) is 31.0 Å². The molecule has 1 amide bonds. The number of nitrogens with zero attached hydrogens (tertiary/aromatic N) is 1. The van der Waals surface area contributed by atoms with Gasteiger partial charge in [-0.1, -0.05) is 29.8 Å². The third-order valence-electron chi connectivity index (χ3n) is 5.41. The summed E-state index contributed by atoms with van der Waals surface area (Å²) in [5, 5.41) is 11.7. The number of amides is 1. The molecular weight excluding hydrogens is 449 g/mol. The second kappa shape index (κ2) is 8.96. The van der Waals surface area contributed by atoms with E-state index in [1.807, 2.05) is 0 Å². The van der Waals surface area contributed by atoms with Crippen molar-refractivity contribution in [1.82, 2.24) is 0 Å². The lowest BCUT2D eigenvalue weighted by Crippen LogP contribution is -2.29. The molecule has 3 aromatic carbocycles. The first kappa shape index (κ1) is 22.4. The van der Waals surface area contributed by atoms with Crippen molar-refractivity contribution in [3.8, 4) is 11.5 Å². The van der Waals surface area contributed by atoms with Crippen LogP contribution in [0.3, 0.4) is 0 Å². The van der Waals surface area contributed by atoms with Crippen LogP contribution in [0.4, 0.5) is 10.1 Å². The van der Waals surface area contributed by atoms with Gasteiger partial charge in [-0.15, -0.1) is 0 Å². The number of aliphatic hydroxyl groups excluding tert-OH is 1. The summed E-state index contributed by atoms with van der Waals surface area (Å²) >= 11 is 5.98. The molecule has 0 aliphatic carbocycles. The Labute approximate surface area is 194 Å². The van der Waals surface area contributed by atoms with Gasteiger partial charge in [0.1, 0.15) is 23.1 Å². The van der Waals surface area contributed by atoms with Gasteiger partial charge in [-0.25, -0.2) is 4.39 Å². The lowest BCUT2D eigenvalue weighted by atomic mass is 9.94. The first-order chi connectivity index (χ1) is 15.9. The largest absolute Gasteiger partial charge is 0.507 e. The fourth-order valence-corrected chi connectivity index (χ4v) is 3.96. The van der Waals surface area contributed by atoms with E-state index in [2.05, 4.69) is 0 Å². The smallest absolute Gasteiger partial charge is 0.300 e. The summed E-state index contributed by atoms with van der Waals surface area (Å²) in [5.41, 5.74) is 0.236. The fraction of sp³-hybridized carbons (Fsp3) is 0.120. The molecule has 1 fully saturated rings. The van der Waals surface area contributed by atoms with Gasteiger partial charge in [-0.3, -0.25) is 14.5 Å². The maximum atomic E-state index is 14.9. The van der Waals surface area contributed by atoms with E-state index in [0.29, 0.717) is 16.5 Å². The van der Waals surface area contributed by atoms with Gasteiger partial charge >= 0.3 is 0 Å². The molecule has 1 unspecified atom stereocenters. The number of ether oxygens (including phenoxy) is 2. The normalized spacial score (nSPS) is 17.3. The quantitative estimate of drug-likeness (QED) is 0.320. The summed E-state index contributed by atoms with van der Waals surface area (Å²) < 4.78 is 25.5. The molecule has 4 rings (SSSR count). The summed E-state index contributed by atoms with van der Waals surface area (Å²) in [5.74, 6) is -2.36. The zero-order valence-corrected chi connectivity index (χ0v) is 18.5. The molecule has 0 aromatic heterocycles. The van der Waals surface area contributed by atoms with Crippen LogP contribution < -0.4 is 14.4 Å². The van der Waals surface area contributed by atoms with Gasteiger partial charge in [0.2, 0.25) is 0 Å². The molecule has 168 valence electrons. The molecule has 0 radical (unpaired) electrons. The highest BCUT2D eigenvalue weighted by molar-refractivity contribution is 6.51. The minimum absolute atomic E-state index is 0.0510. The summed E-state index contributed by atoms with van der Waals surface area (Å²) in [6, 6.07) is 15.4. The highest BCUT2D eigenvalue weighted by Gasteiger charge is 2.48. The molecule has 6 nitrogen and oxygen atoms in total. The molecule has 8 heteroatoms. The number of benzene rings is 3. The van der Waals surface area contributed by atoms with Crippen LogP contribution in [0.1, 0.15) is 17.2 Å². The van der Waals surface area contributed by atoms with Crippen molar-refractivity contribution in [2.75, 3.05) is 19.1 Å². The molecular formula is C25H19ClFNO5. The molecule has 0 saturated carbocycles. The van der Waals surface area contributed by atoms with E-state index < -0.39 is 29.3 Å². The topological polar surface area (TPSA) is 76.1 Å². The van der Waals surface area contributed by atoms with Crippen LogP contribution in [0.2, 0.25) is 5.02 Å². The Morgan fingerprint density at radius 2 is 1.70 bits per heavy atom. The Hall–Kier alpha value is -3.84. The minimum Gasteiger partial charge on any atom is -0.507 e. The van der Waals surface area contributed by atoms with Crippen LogP contribution in [0, 0.1) is 5.82 Å². The van der Waals surface area contributed by atoms with Crippen LogP contribution in [0.25, 0.3) is 5.76 Å². The molecule has 1 aliphatic rings. The standard InChI is InChI=1S/C25H19ClFNO5/c1-32-16-11-12-20(33-2)18(13-16)23(29)21-22(17-5-3-4-6-19(17)27)28(25(31)24(21)30)15-9-7-14(26)8-10-15/h3-13,22,29H,1-2H3/b23-21+. The van der Waals surface area contributed by atoms with Crippen molar-refractivity contribution in [2.24, 2.45) is 0 Å². The van der Waals surface area contributed by atoms with E-state index in [-0.39, 0.29) is 22.4 Å². The number of aliphatic hydroxyl groups is 1. The Balaban J connectivity index is 2.00. The molecule has 1 heterocycles.